The Balaban J connectivity index is 1.93. The van der Waals surface area contributed by atoms with Crippen LogP contribution < -0.4 is 10.5 Å². The molecule has 1 fully saturated rings. The third-order valence-corrected chi connectivity index (χ3v) is 7.70. The van der Waals surface area contributed by atoms with E-state index in [0.29, 0.717) is 17.9 Å². The van der Waals surface area contributed by atoms with Crippen molar-refractivity contribution in [3.63, 3.8) is 0 Å². The lowest BCUT2D eigenvalue weighted by molar-refractivity contribution is -0.154. The fourth-order valence-electron chi connectivity index (χ4n) is 5.93. The van der Waals surface area contributed by atoms with Crippen LogP contribution >= 0.6 is 0 Å². The Bertz CT molecular complexity index is 1170. The number of ether oxygens (including phenoxy) is 1. The molecule has 1 saturated carbocycles. The van der Waals surface area contributed by atoms with Gasteiger partial charge >= 0.3 is 0 Å². The summed E-state index contributed by atoms with van der Waals surface area (Å²) in [7, 11) is 3.19. The number of primary amides is 1. The fourth-order valence-corrected chi connectivity index (χ4v) is 5.93. The van der Waals surface area contributed by atoms with Crippen molar-refractivity contribution in [3.05, 3.63) is 46.2 Å². The number of rotatable bonds is 6. The van der Waals surface area contributed by atoms with Gasteiger partial charge in [-0.05, 0) is 50.4 Å². The molecule has 0 radical (unpaired) electrons. The fraction of sp³-hybridized carbons (Fsp3) is 0.500. The summed E-state index contributed by atoms with van der Waals surface area (Å²) in [6, 6.07) is 4.34. The van der Waals surface area contributed by atoms with Crippen LogP contribution in [0.25, 0.3) is 5.76 Å². The summed E-state index contributed by atoms with van der Waals surface area (Å²) < 4.78 is 5.90. The van der Waals surface area contributed by atoms with Gasteiger partial charge in [0, 0.05) is 11.5 Å². The molecule has 1 amide bonds. The molecule has 0 aromatic heterocycles. The highest BCUT2D eigenvalue weighted by molar-refractivity contribution is 6.24. The summed E-state index contributed by atoms with van der Waals surface area (Å²) in [4.78, 5) is 40.6. The summed E-state index contributed by atoms with van der Waals surface area (Å²) in [6.07, 6.45) is 1.86. The van der Waals surface area contributed by atoms with Crippen molar-refractivity contribution in [1.29, 1.82) is 0 Å². The molecule has 0 heterocycles. The lowest BCUT2D eigenvalue weighted by Gasteiger charge is -2.51. The average molecular weight is 485 g/mol. The number of aliphatic hydroxyl groups is 3. The van der Waals surface area contributed by atoms with E-state index in [0.717, 1.165) is 18.4 Å². The molecule has 0 spiro atoms. The predicted molar refractivity (Wildman–Crippen MR) is 128 cm³/mol. The van der Waals surface area contributed by atoms with Crippen molar-refractivity contribution in [2.75, 3.05) is 20.7 Å². The second-order valence-corrected chi connectivity index (χ2v) is 9.88. The zero-order valence-corrected chi connectivity index (χ0v) is 20.4. The highest BCUT2D eigenvalue weighted by atomic mass is 16.5. The maximum absolute atomic E-state index is 13.9. The first-order chi connectivity index (χ1) is 16.5. The number of fused-ring (bicyclic) bond motifs is 3. The van der Waals surface area contributed by atoms with Crippen LogP contribution in [-0.2, 0) is 14.4 Å². The zero-order valence-electron chi connectivity index (χ0n) is 20.4. The Morgan fingerprint density at radius 1 is 1.26 bits per heavy atom. The van der Waals surface area contributed by atoms with E-state index >= 15 is 0 Å². The molecule has 9 heteroatoms. The molecular weight excluding hydrogens is 452 g/mol. The standard InChI is InChI=1S/C26H32N2O7/c1-5-6-10-35-16-9-7-8-13-12(2)14-11-15-20(28(3)4)22(30)19(25(27)33)24(32)26(15,34)23(31)18(14)21(29)17(13)16/h7-9,12,14-15,20,29,32,34H,5-6,10-11H2,1-4H3,(H2,27,33)/t12-,14+,15-,20-,26-/m0/s1. The molecule has 5 atom stereocenters. The quantitative estimate of drug-likeness (QED) is 0.354. The van der Waals surface area contributed by atoms with Gasteiger partial charge in [-0.3, -0.25) is 19.3 Å². The molecule has 35 heavy (non-hydrogen) atoms. The van der Waals surface area contributed by atoms with E-state index in [1.165, 1.54) is 4.90 Å². The molecule has 1 aromatic rings. The van der Waals surface area contributed by atoms with Gasteiger partial charge in [0.05, 0.1) is 18.2 Å². The second-order valence-electron chi connectivity index (χ2n) is 9.88. The highest BCUT2D eigenvalue weighted by Crippen LogP contribution is 2.55. The van der Waals surface area contributed by atoms with E-state index in [1.54, 1.807) is 20.2 Å². The van der Waals surface area contributed by atoms with Crippen LogP contribution in [0.2, 0.25) is 0 Å². The summed E-state index contributed by atoms with van der Waals surface area (Å²) in [6.45, 7) is 4.39. The lowest BCUT2D eigenvalue weighted by atomic mass is 9.55. The van der Waals surface area contributed by atoms with Crippen molar-refractivity contribution in [2.45, 2.75) is 50.7 Å². The van der Waals surface area contributed by atoms with Gasteiger partial charge < -0.3 is 25.8 Å². The average Bonchev–Trinajstić information content (AvgIpc) is 2.79. The number of aliphatic hydroxyl groups excluding tert-OH is 2. The van der Waals surface area contributed by atoms with Crippen molar-refractivity contribution in [3.8, 4) is 5.75 Å². The van der Waals surface area contributed by atoms with Crippen molar-refractivity contribution < 1.29 is 34.4 Å². The largest absolute Gasteiger partial charge is 0.508 e. The Labute approximate surface area is 203 Å². The molecule has 188 valence electrons. The monoisotopic (exact) mass is 484 g/mol. The normalized spacial score (nSPS) is 30.2. The van der Waals surface area contributed by atoms with Crippen LogP contribution in [0.4, 0.5) is 0 Å². The number of hydrogen-bond acceptors (Lipinski definition) is 8. The molecule has 9 nitrogen and oxygen atoms in total. The van der Waals surface area contributed by atoms with Gasteiger partial charge in [0.1, 0.15) is 22.8 Å². The number of hydrogen-bond donors (Lipinski definition) is 4. The maximum atomic E-state index is 13.9. The van der Waals surface area contributed by atoms with E-state index in [4.69, 9.17) is 10.5 Å². The molecule has 1 aromatic carbocycles. The Kier molecular flexibility index (Phi) is 6.27. The minimum atomic E-state index is -2.58. The van der Waals surface area contributed by atoms with Gasteiger partial charge in [0.25, 0.3) is 5.91 Å². The van der Waals surface area contributed by atoms with Gasteiger partial charge in [-0.2, -0.15) is 0 Å². The van der Waals surface area contributed by atoms with Crippen LogP contribution in [-0.4, -0.2) is 70.0 Å². The third-order valence-electron chi connectivity index (χ3n) is 7.70. The zero-order chi connectivity index (χ0) is 25.8. The number of unbranched alkanes of at least 4 members (excludes halogenated alkanes) is 1. The van der Waals surface area contributed by atoms with Crippen LogP contribution in [0.1, 0.15) is 50.2 Å². The third kappa shape index (κ3) is 3.48. The van der Waals surface area contributed by atoms with E-state index in [-0.39, 0.29) is 23.7 Å². The first-order valence-corrected chi connectivity index (χ1v) is 11.9. The Hall–Kier alpha value is -3.17. The minimum absolute atomic E-state index is 0.0440. The molecule has 4 rings (SSSR count). The first-order valence-electron chi connectivity index (χ1n) is 11.9. The smallest absolute Gasteiger partial charge is 0.255 e. The number of likely N-dealkylation sites (N-methyl/N-ethyl adjacent to an activating group) is 1. The van der Waals surface area contributed by atoms with Crippen LogP contribution in [0.3, 0.4) is 0 Å². The van der Waals surface area contributed by atoms with Crippen LogP contribution in [0.15, 0.2) is 35.1 Å². The molecule has 0 aliphatic heterocycles. The summed E-state index contributed by atoms with van der Waals surface area (Å²) >= 11 is 0. The molecule has 3 aliphatic rings. The summed E-state index contributed by atoms with van der Waals surface area (Å²) in [5.74, 6) is -5.67. The molecule has 0 unspecified atom stereocenters. The SMILES string of the molecule is CCCCOc1cccc2c1C(O)=C1C(=O)[C@]3(O)C(O)=C(C(N)=O)C(=O)[C@@H](N(C)C)[C@@H]3C[C@@H]1[C@H]2C. The predicted octanol–water partition coefficient (Wildman–Crippen LogP) is 2.00. The van der Waals surface area contributed by atoms with Gasteiger partial charge in [-0.15, -0.1) is 0 Å². The van der Waals surface area contributed by atoms with Crippen LogP contribution in [0, 0.1) is 11.8 Å². The first kappa shape index (κ1) is 24.9. The maximum Gasteiger partial charge on any atom is 0.255 e. The molecular formula is C26H32N2O7. The van der Waals surface area contributed by atoms with Crippen molar-refractivity contribution in [2.24, 2.45) is 17.6 Å². The van der Waals surface area contributed by atoms with E-state index < -0.39 is 52.3 Å². The van der Waals surface area contributed by atoms with E-state index in [9.17, 15) is 29.7 Å². The van der Waals surface area contributed by atoms with Gasteiger partial charge in [-0.25, -0.2) is 0 Å². The summed E-state index contributed by atoms with van der Waals surface area (Å²) in [5, 5.41) is 34.0. The highest BCUT2D eigenvalue weighted by Gasteiger charge is 2.64. The molecule has 5 N–H and O–H groups in total. The number of carbonyl (C=O) groups excluding carboxylic acids is 3. The van der Waals surface area contributed by atoms with Crippen molar-refractivity contribution >= 4 is 23.2 Å². The lowest BCUT2D eigenvalue weighted by Crippen LogP contribution is -2.65. The number of carbonyl (C=O) groups is 3. The minimum Gasteiger partial charge on any atom is -0.508 e. The number of Topliss-reactive ketones (excluding diaryl/α,β-unsaturated/α-hetero) is 2. The number of benzene rings is 1. The topological polar surface area (TPSA) is 150 Å². The second kappa shape index (κ2) is 8.80. The van der Waals surface area contributed by atoms with Gasteiger partial charge in [0.15, 0.2) is 11.4 Å². The number of amides is 1. The Morgan fingerprint density at radius 3 is 2.54 bits per heavy atom. The van der Waals surface area contributed by atoms with Crippen LogP contribution in [0.5, 0.6) is 5.75 Å². The van der Waals surface area contributed by atoms with Crippen molar-refractivity contribution in [1.82, 2.24) is 4.90 Å². The van der Waals surface area contributed by atoms with E-state index in [1.807, 2.05) is 26.0 Å². The van der Waals surface area contributed by atoms with E-state index in [2.05, 4.69) is 0 Å². The number of nitrogens with two attached hydrogens (primary N) is 1. The molecule has 3 aliphatic carbocycles. The molecule has 0 saturated heterocycles. The van der Waals surface area contributed by atoms with Gasteiger partial charge in [0.2, 0.25) is 5.78 Å². The summed E-state index contributed by atoms with van der Waals surface area (Å²) in [5.41, 5.74) is 3.13. The number of nitrogens with zero attached hydrogens (tertiary/aromatic N) is 1. The molecule has 0 bridgehead atoms. The van der Waals surface area contributed by atoms with Gasteiger partial charge in [-0.1, -0.05) is 32.4 Å². The number of ketones is 2. The Morgan fingerprint density at radius 2 is 1.94 bits per heavy atom.